The molecule has 0 amide bonds. The van der Waals surface area contributed by atoms with Gasteiger partial charge in [0, 0.05) is 19.1 Å². The molecule has 2 nitrogen and oxygen atoms in total. The Balaban J connectivity index is 0.000000686. The third kappa shape index (κ3) is 5.33. The standard InChI is InChI=1S/C13H19NO.C2H6/c1-11(2)14(9-13-10-15-13)8-12-6-4-3-5-7-12;1-2/h3-7,11,13H,8-10H2,1-2H3;1-2H3. The smallest absolute Gasteiger partial charge is 0.0936 e. The summed E-state index contributed by atoms with van der Waals surface area (Å²) < 4.78 is 5.29. The molecule has 1 aromatic rings. The molecule has 0 spiro atoms. The van der Waals surface area contributed by atoms with Crippen molar-refractivity contribution in [2.24, 2.45) is 0 Å². The first-order valence-corrected chi connectivity index (χ1v) is 6.65. The molecule has 96 valence electrons. The number of epoxide rings is 1. The molecule has 1 aliphatic heterocycles. The highest BCUT2D eigenvalue weighted by Crippen LogP contribution is 2.15. The molecular weight excluding hydrogens is 210 g/mol. The lowest BCUT2D eigenvalue weighted by Crippen LogP contribution is -2.33. The Morgan fingerprint density at radius 3 is 2.29 bits per heavy atom. The maximum atomic E-state index is 5.29. The lowest BCUT2D eigenvalue weighted by atomic mass is 10.2. The van der Waals surface area contributed by atoms with Crippen molar-refractivity contribution in [1.82, 2.24) is 4.90 Å². The monoisotopic (exact) mass is 235 g/mol. The van der Waals surface area contributed by atoms with E-state index in [4.69, 9.17) is 4.74 Å². The van der Waals surface area contributed by atoms with Crippen molar-refractivity contribution in [3.63, 3.8) is 0 Å². The molecular formula is C15H25NO. The summed E-state index contributed by atoms with van der Waals surface area (Å²) >= 11 is 0. The molecule has 0 radical (unpaired) electrons. The molecule has 0 bridgehead atoms. The maximum absolute atomic E-state index is 5.29. The molecule has 2 rings (SSSR count). The van der Waals surface area contributed by atoms with Gasteiger partial charge in [-0.3, -0.25) is 4.90 Å². The van der Waals surface area contributed by atoms with Crippen LogP contribution < -0.4 is 0 Å². The van der Waals surface area contributed by atoms with Gasteiger partial charge >= 0.3 is 0 Å². The minimum Gasteiger partial charge on any atom is -0.372 e. The van der Waals surface area contributed by atoms with E-state index in [1.54, 1.807) is 0 Å². The first-order chi connectivity index (χ1) is 8.25. The minimum absolute atomic E-state index is 0.483. The predicted molar refractivity (Wildman–Crippen MR) is 73.1 cm³/mol. The SMILES string of the molecule is CC.CC(C)N(Cc1ccccc1)CC1CO1. The molecule has 1 aromatic carbocycles. The van der Waals surface area contributed by atoms with Crippen LogP contribution in [0.15, 0.2) is 30.3 Å². The molecule has 17 heavy (non-hydrogen) atoms. The van der Waals surface area contributed by atoms with Crippen LogP contribution in [0.1, 0.15) is 33.3 Å². The molecule has 1 saturated heterocycles. The zero-order valence-corrected chi connectivity index (χ0v) is 11.5. The fourth-order valence-electron chi connectivity index (χ4n) is 1.71. The highest BCUT2D eigenvalue weighted by atomic mass is 16.6. The third-order valence-electron chi connectivity index (χ3n) is 2.80. The van der Waals surface area contributed by atoms with Gasteiger partial charge in [0.2, 0.25) is 0 Å². The van der Waals surface area contributed by atoms with Gasteiger partial charge in [-0.2, -0.15) is 0 Å². The van der Waals surface area contributed by atoms with E-state index >= 15 is 0 Å². The molecule has 0 aromatic heterocycles. The van der Waals surface area contributed by atoms with Crippen molar-refractivity contribution in [2.75, 3.05) is 13.2 Å². The van der Waals surface area contributed by atoms with Crippen molar-refractivity contribution < 1.29 is 4.74 Å². The van der Waals surface area contributed by atoms with E-state index < -0.39 is 0 Å². The third-order valence-corrected chi connectivity index (χ3v) is 2.80. The molecule has 1 atom stereocenters. The fourth-order valence-corrected chi connectivity index (χ4v) is 1.71. The second-order valence-corrected chi connectivity index (χ2v) is 4.46. The van der Waals surface area contributed by atoms with E-state index in [2.05, 4.69) is 49.1 Å². The Morgan fingerprint density at radius 1 is 1.24 bits per heavy atom. The number of nitrogens with zero attached hydrogens (tertiary/aromatic N) is 1. The highest BCUT2D eigenvalue weighted by molar-refractivity contribution is 5.14. The number of hydrogen-bond acceptors (Lipinski definition) is 2. The van der Waals surface area contributed by atoms with Crippen molar-refractivity contribution >= 4 is 0 Å². The van der Waals surface area contributed by atoms with Crippen molar-refractivity contribution in [1.29, 1.82) is 0 Å². The molecule has 0 aliphatic carbocycles. The van der Waals surface area contributed by atoms with Gasteiger partial charge in [-0.15, -0.1) is 0 Å². The molecule has 1 unspecified atom stereocenters. The summed E-state index contributed by atoms with van der Waals surface area (Å²) in [5.41, 5.74) is 1.38. The van der Waals surface area contributed by atoms with Crippen LogP contribution in [0.25, 0.3) is 0 Å². The highest BCUT2D eigenvalue weighted by Gasteiger charge is 2.26. The van der Waals surface area contributed by atoms with E-state index in [0.29, 0.717) is 12.1 Å². The Bertz CT molecular complexity index is 293. The molecule has 0 saturated carbocycles. The van der Waals surface area contributed by atoms with E-state index in [-0.39, 0.29) is 0 Å². The second-order valence-electron chi connectivity index (χ2n) is 4.46. The lowest BCUT2D eigenvalue weighted by Gasteiger charge is -2.25. The van der Waals surface area contributed by atoms with Crippen LogP contribution in [0, 0.1) is 0 Å². The Morgan fingerprint density at radius 2 is 1.82 bits per heavy atom. The van der Waals surface area contributed by atoms with Gasteiger partial charge in [0.15, 0.2) is 0 Å². The van der Waals surface area contributed by atoms with Crippen LogP contribution in [-0.2, 0) is 11.3 Å². The van der Waals surface area contributed by atoms with Crippen molar-refractivity contribution in [2.45, 2.75) is 46.4 Å². The number of ether oxygens (including phenoxy) is 1. The summed E-state index contributed by atoms with van der Waals surface area (Å²) in [6.45, 7) is 11.5. The average molecular weight is 235 g/mol. The minimum atomic E-state index is 0.483. The van der Waals surface area contributed by atoms with E-state index in [1.807, 2.05) is 13.8 Å². The van der Waals surface area contributed by atoms with E-state index in [9.17, 15) is 0 Å². The summed E-state index contributed by atoms with van der Waals surface area (Å²) in [5.74, 6) is 0. The number of rotatable bonds is 5. The first-order valence-electron chi connectivity index (χ1n) is 6.65. The molecule has 1 heterocycles. The normalized spacial score (nSPS) is 17.9. The summed E-state index contributed by atoms with van der Waals surface area (Å²) in [5, 5.41) is 0. The molecule has 2 heteroatoms. The van der Waals surface area contributed by atoms with Gasteiger partial charge in [-0.05, 0) is 19.4 Å². The van der Waals surface area contributed by atoms with Crippen molar-refractivity contribution in [3.8, 4) is 0 Å². The summed E-state index contributed by atoms with van der Waals surface area (Å²) in [7, 11) is 0. The average Bonchev–Trinajstić information content (AvgIpc) is 3.16. The van der Waals surface area contributed by atoms with Crippen LogP contribution in [0.3, 0.4) is 0 Å². The Labute approximate surface area is 106 Å². The zero-order valence-electron chi connectivity index (χ0n) is 11.5. The van der Waals surface area contributed by atoms with Gasteiger partial charge in [-0.25, -0.2) is 0 Å². The van der Waals surface area contributed by atoms with Crippen LogP contribution in [-0.4, -0.2) is 30.2 Å². The van der Waals surface area contributed by atoms with Crippen LogP contribution >= 0.6 is 0 Å². The lowest BCUT2D eigenvalue weighted by molar-refractivity contribution is 0.191. The Hall–Kier alpha value is -0.860. The first kappa shape index (κ1) is 14.2. The van der Waals surface area contributed by atoms with Gasteiger partial charge < -0.3 is 4.74 Å². The summed E-state index contributed by atoms with van der Waals surface area (Å²) in [6.07, 6.45) is 0.483. The van der Waals surface area contributed by atoms with Gasteiger partial charge in [0.1, 0.15) is 0 Å². The van der Waals surface area contributed by atoms with Gasteiger partial charge in [0.25, 0.3) is 0 Å². The van der Waals surface area contributed by atoms with E-state index in [1.165, 1.54) is 5.56 Å². The second kappa shape index (κ2) is 7.46. The van der Waals surface area contributed by atoms with E-state index in [0.717, 1.165) is 19.7 Å². The molecule has 0 N–H and O–H groups in total. The predicted octanol–water partition coefficient (Wildman–Crippen LogP) is 3.32. The maximum Gasteiger partial charge on any atom is 0.0936 e. The Kier molecular flexibility index (Phi) is 6.23. The van der Waals surface area contributed by atoms with Crippen LogP contribution in [0.5, 0.6) is 0 Å². The topological polar surface area (TPSA) is 15.8 Å². The van der Waals surface area contributed by atoms with Gasteiger partial charge in [-0.1, -0.05) is 44.2 Å². The van der Waals surface area contributed by atoms with Gasteiger partial charge in [0.05, 0.1) is 12.7 Å². The number of hydrogen-bond donors (Lipinski definition) is 0. The molecule has 1 fully saturated rings. The van der Waals surface area contributed by atoms with Crippen molar-refractivity contribution in [3.05, 3.63) is 35.9 Å². The quantitative estimate of drug-likeness (QED) is 0.728. The summed E-state index contributed by atoms with van der Waals surface area (Å²) in [6, 6.07) is 11.2. The zero-order chi connectivity index (χ0) is 12.7. The summed E-state index contributed by atoms with van der Waals surface area (Å²) in [4.78, 5) is 2.47. The van der Waals surface area contributed by atoms with Crippen LogP contribution in [0.4, 0.5) is 0 Å². The largest absolute Gasteiger partial charge is 0.372 e. The van der Waals surface area contributed by atoms with Crippen LogP contribution in [0.2, 0.25) is 0 Å². The fraction of sp³-hybridized carbons (Fsp3) is 0.600. The number of benzene rings is 1. The molecule has 1 aliphatic rings.